The summed E-state index contributed by atoms with van der Waals surface area (Å²) in [6, 6.07) is 14.7. The number of ketones is 1. The molecule has 1 aliphatic heterocycles. The fraction of sp³-hybridized carbons (Fsp3) is 0.150. The summed E-state index contributed by atoms with van der Waals surface area (Å²) in [7, 11) is 0. The largest absolute Gasteiger partial charge is 0.454 e. The van der Waals surface area contributed by atoms with E-state index in [0.29, 0.717) is 28.8 Å². The molecule has 27 heavy (non-hydrogen) atoms. The molecule has 0 atom stereocenters. The molecule has 0 saturated carbocycles. The highest BCUT2D eigenvalue weighted by molar-refractivity contribution is 5.94. The molecule has 1 aliphatic rings. The fourth-order valence-corrected chi connectivity index (χ4v) is 2.75. The molecule has 0 amide bonds. The molecule has 136 valence electrons. The third-order valence-electron chi connectivity index (χ3n) is 4.05. The summed E-state index contributed by atoms with van der Waals surface area (Å²) in [5.41, 5.74) is 2.35. The van der Waals surface area contributed by atoms with Gasteiger partial charge in [0.1, 0.15) is 17.5 Å². The number of hydrogen-bond donors (Lipinski definition) is 2. The second kappa shape index (κ2) is 6.95. The molecule has 2 heterocycles. The third kappa shape index (κ3) is 3.82. The van der Waals surface area contributed by atoms with Crippen molar-refractivity contribution in [1.82, 2.24) is 9.97 Å². The number of nitrogens with one attached hydrogen (secondary N) is 2. The first-order chi connectivity index (χ1) is 13.1. The first-order valence-electron chi connectivity index (χ1n) is 8.47. The van der Waals surface area contributed by atoms with Gasteiger partial charge < -0.3 is 20.1 Å². The van der Waals surface area contributed by atoms with Crippen LogP contribution in [0.3, 0.4) is 0 Å². The normalized spacial score (nSPS) is 11.9. The summed E-state index contributed by atoms with van der Waals surface area (Å²) < 4.78 is 10.7. The van der Waals surface area contributed by atoms with Crippen LogP contribution in [0.5, 0.6) is 11.5 Å². The van der Waals surface area contributed by atoms with Crippen molar-refractivity contribution in [3.8, 4) is 11.5 Å². The Bertz CT molecular complexity index is 1000. The molecule has 0 bridgehead atoms. The van der Waals surface area contributed by atoms with Crippen molar-refractivity contribution in [1.29, 1.82) is 0 Å². The lowest BCUT2D eigenvalue weighted by Gasteiger charge is -2.11. The molecule has 3 aromatic rings. The number of ether oxygens (including phenoxy) is 2. The number of benzene rings is 2. The zero-order valence-corrected chi connectivity index (χ0v) is 14.9. The van der Waals surface area contributed by atoms with E-state index < -0.39 is 0 Å². The molecule has 7 heteroatoms. The highest BCUT2D eigenvalue weighted by atomic mass is 16.7. The SMILES string of the molecule is CC(=O)c1ccc(Nc2cc(Nc3ccc4c(c3)OCO4)nc(C)n2)cc1. The van der Waals surface area contributed by atoms with E-state index in [1.165, 1.54) is 0 Å². The number of aromatic nitrogens is 2. The smallest absolute Gasteiger partial charge is 0.231 e. The van der Waals surface area contributed by atoms with Crippen LogP contribution < -0.4 is 20.1 Å². The van der Waals surface area contributed by atoms with Crippen molar-refractivity contribution in [3.05, 3.63) is 59.9 Å². The minimum atomic E-state index is 0.0367. The van der Waals surface area contributed by atoms with E-state index in [9.17, 15) is 4.79 Å². The van der Waals surface area contributed by atoms with Crippen molar-refractivity contribution >= 4 is 28.8 Å². The number of anilines is 4. The molecular formula is C20H18N4O3. The van der Waals surface area contributed by atoms with E-state index in [2.05, 4.69) is 20.6 Å². The molecular weight excluding hydrogens is 344 g/mol. The maximum atomic E-state index is 11.4. The van der Waals surface area contributed by atoms with Gasteiger partial charge in [0.2, 0.25) is 6.79 Å². The van der Waals surface area contributed by atoms with Crippen molar-refractivity contribution < 1.29 is 14.3 Å². The Hall–Kier alpha value is -3.61. The van der Waals surface area contributed by atoms with Crippen LogP contribution in [0.2, 0.25) is 0 Å². The van der Waals surface area contributed by atoms with Crippen LogP contribution in [0.1, 0.15) is 23.1 Å². The second-order valence-electron chi connectivity index (χ2n) is 6.14. The van der Waals surface area contributed by atoms with E-state index in [4.69, 9.17) is 9.47 Å². The average Bonchev–Trinajstić information content (AvgIpc) is 3.09. The van der Waals surface area contributed by atoms with E-state index >= 15 is 0 Å². The minimum Gasteiger partial charge on any atom is -0.454 e. The number of rotatable bonds is 5. The van der Waals surface area contributed by atoms with Crippen molar-refractivity contribution in [2.45, 2.75) is 13.8 Å². The summed E-state index contributed by atoms with van der Waals surface area (Å²) in [5.74, 6) is 3.41. The predicted molar refractivity (Wildman–Crippen MR) is 102 cm³/mol. The molecule has 0 unspecified atom stereocenters. The Morgan fingerprint density at radius 2 is 1.52 bits per heavy atom. The van der Waals surface area contributed by atoms with Crippen LogP contribution in [-0.2, 0) is 0 Å². The van der Waals surface area contributed by atoms with Gasteiger partial charge in [-0.25, -0.2) is 9.97 Å². The van der Waals surface area contributed by atoms with Crippen LogP contribution in [0.25, 0.3) is 0 Å². The average molecular weight is 362 g/mol. The molecule has 0 fully saturated rings. The van der Waals surface area contributed by atoms with E-state index in [1.54, 1.807) is 19.1 Å². The molecule has 7 nitrogen and oxygen atoms in total. The molecule has 0 radical (unpaired) electrons. The van der Waals surface area contributed by atoms with Gasteiger partial charge in [0.25, 0.3) is 0 Å². The van der Waals surface area contributed by atoms with E-state index in [1.807, 2.05) is 43.3 Å². The lowest BCUT2D eigenvalue weighted by molar-refractivity contribution is 0.101. The van der Waals surface area contributed by atoms with Gasteiger partial charge in [0.05, 0.1) is 0 Å². The Morgan fingerprint density at radius 1 is 0.889 bits per heavy atom. The lowest BCUT2D eigenvalue weighted by atomic mass is 10.1. The molecule has 0 aliphatic carbocycles. The number of Topliss-reactive ketones (excluding diaryl/α,β-unsaturated/α-hetero) is 1. The second-order valence-corrected chi connectivity index (χ2v) is 6.14. The van der Waals surface area contributed by atoms with Crippen LogP contribution in [0, 0.1) is 6.92 Å². The Morgan fingerprint density at radius 3 is 2.22 bits per heavy atom. The number of hydrogen-bond acceptors (Lipinski definition) is 7. The van der Waals surface area contributed by atoms with Gasteiger partial charge >= 0.3 is 0 Å². The van der Waals surface area contributed by atoms with Gasteiger partial charge in [0.15, 0.2) is 17.3 Å². The summed E-state index contributed by atoms with van der Waals surface area (Å²) in [5, 5.41) is 6.48. The van der Waals surface area contributed by atoms with E-state index in [-0.39, 0.29) is 12.6 Å². The maximum absolute atomic E-state index is 11.4. The Balaban J connectivity index is 1.53. The lowest BCUT2D eigenvalue weighted by Crippen LogP contribution is -2.02. The highest BCUT2D eigenvalue weighted by Gasteiger charge is 2.13. The zero-order chi connectivity index (χ0) is 18.8. The molecule has 0 saturated heterocycles. The zero-order valence-electron chi connectivity index (χ0n) is 14.9. The first-order valence-corrected chi connectivity index (χ1v) is 8.47. The quantitative estimate of drug-likeness (QED) is 0.658. The number of carbonyl (C=O) groups excluding carboxylic acids is 1. The van der Waals surface area contributed by atoms with Gasteiger partial charge in [-0.05, 0) is 50.2 Å². The van der Waals surface area contributed by atoms with Gasteiger partial charge in [-0.1, -0.05) is 0 Å². The van der Waals surface area contributed by atoms with Crippen LogP contribution in [0.4, 0.5) is 23.0 Å². The number of carbonyl (C=O) groups is 1. The minimum absolute atomic E-state index is 0.0367. The molecule has 1 aromatic heterocycles. The summed E-state index contributed by atoms with van der Waals surface area (Å²) in [4.78, 5) is 20.2. The third-order valence-corrected chi connectivity index (χ3v) is 4.05. The van der Waals surface area contributed by atoms with Gasteiger partial charge in [-0.2, -0.15) is 0 Å². The summed E-state index contributed by atoms with van der Waals surface area (Å²) in [6.07, 6.45) is 0. The molecule has 2 aromatic carbocycles. The van der Waals surface area contributed by atoms with Crippen molar-refractivity contribution in [2.75, 3.05) is 17.4 Å². The van der Waals surface area contributed by atoms with Gasteiger partial charge in [0, 0.05) is 29.1 Å². The van der Waals surface area contributed by atoms with Gasteiger partial charge in [-0.3, -0.25) is 4.79 Å². The molecule has 4 rings (SSSR count). The monoisotopic (exact) mass is 362 g/mol. The number of aryl methyl sites for hydroxylation is 1. The van der Waals surface area contributed by atoms with Crippen molar-refractivity contribution in [3.63, 3.8) is 0 Å². The first kappa shape index (κ1) is 16.8. The van der Waals surface area contributed by atoms with Crippen LogP contribution in [0.15, 0.2) is 48.5 Å². The fourth-order valence-electron chi connectivity index (χ4n) is 2.75. The van der Waals surface area contributed by atoms with E-state index in [0.717, 1.165) is 17.1 Å². The number of nitrogens with zero attached hydrogens (tertiary/aromatic N) is 2. The van der Waals surface area contributed by atoms with Gasteiger partial charge in [-0.15, -0.1) is 0 Å². The molecule has 0 spiro atoms. The standard InChI is InChI=1S/C20H18N4O3/c1-12(25)14-3-5-15(6-4-14)23-19-10-20(22-13(2)21-19)24-16-7-8-17-18(9-16)27-11-26-17/h3-10H,11H2,1-2H3,(H2,21,22,23,24). The maximum Gasteiger partial charge on any atom is 0.231 e. The summed E-state index contributed by atoms with van der Waals surface area (Å²) in [6.45, 7) is 3.61. The number of fused-ring (bicyclic) bond motifs is 1. The Kier molecular flexibility index (Phi) is 4.33. The Labute approximate surface area is 156 Å². The highest BCUT2D eigenvalue weighted by Crippen LogP contribution is 2.35. The van der Waals surface area contributed by atoms with Crippen molar-refractivity contribution in [2.24, 2.45) is 0 Å². The van der Waals surface area contributed by atoms with Crippen LogP contribution in [-0.4, -0.2) is 22.5 Å². The van der Waals surface area contributed by atoms with Crippen LogP contribution >= 0.6 is 0 Å². The summed E-state index contributed by atoms with van der Waals surface area (Å²) >= 11 is 0. The molecule has 2 N–H and O–H groups in total. The topological polar surface area (TPSA) is 85.4 Å². The predicted octanol–water partition coefficient (Wildman–Crippen LogP) is 4.20.